The lowest BCUT2D eigenvalue weighted by atomic mass is 10.2. The highest BCUT2D eigenvalue weighted by molar-refractivity contribution is 8.00. The molecule has 0 aliphatic carbocycles. The summed E-state index contributed by atoms with van der Waals surface area (Å²) in [5.74, 6) is 0.444. The van der Waals surface area contributed by atoms with Crippen molar-refractivity contribution in [3.63, 3.8) is 0 Å². The number of benzene rings is 1. The van der Waals surface area contributed by atoms with Crippen LogP contribution in [0.1, 0.15) is 12.5 Å². The van der Waals surface area contributed by atoms with E-state index in [4.69, 9.17) is 0 Å². The first-order valence-corrected chi connectivity index (χ1v) is 9.72. The molecule has 0 bridgehead atoms. The van der Waals surface area contributed by atoms with E-state index in [9.17, 15) is 13.2 Å². The van der Waals surface area contributed by atoms with E-state index in [1.165, 1.54) is 12.1 Å². The lowest BCUT2D eigenvalue weighted by Crippen LogP contribution is -2.28. The standard InChI is InChI=1S/C18H18F3N7S/c1-12-9-28(14-2-4-15(5-3-14)29-18(19,20)21)11-27(12)10-13-6-7-22-16(8-13)17-23-25-26-24-17/h2-8,12H,9-11H2,1H3,(H,23,24,25,26). The van der Waals surface area contributed by atoms with E-state index in [0.717, 1.165) is 17.8 Å². The van der Waals surface area contributed by atoms with Gasteiger partial charge in [-0.2, -0.15) is 18.4 Å². The fourth-order valence-electron chi connectivity index (χ4n) is 3.30. The number of aromatic nitrogens is 5. The fourth-order valence-corrected chi connectivity index (χ4v) is 3.84. The number of alkyl halides is 3. The predicted molar refractivity (Wildman–Crippen MR) is 103 cm³/mol. The van der Waals surface area contributed by atoms with Crippen LogP contribution in [0.4, 0.5) is 18.9 Å². The van der Waals surface area contributed by atoms with Crippen LogP contribution in [0.25, 0.3) is 11.5 Å². The van der Waals surface area contributed by atoms with Gasteiger partial charge in [-0.1, -0.05) is 0 Å². The van der Waals surface area contributed by atoms with Gasteiger partial charge in [0, 0.05) is 35.9 Å². The summed E-state index contributed by atoms with van der Waals surface area (Å²) >= 11 is -0.0967. The molecule has 152 valence electrons. The number of rotatable bonds is 5. The van der Waals surface area contributed by atoms with Gasteiger partial charge in [-0.3, -0.25) is 9.88 Å². The number of nitrogens with one attached hydrogen (secondary N) is 1. The van der Waals surface area contributed by atoms with Gasteiger partial charge in [0.25, 0.3) is 0 Å². The maximum absolute atomic E-state index is 12.5. The molecule has 0 radical (unpaired) electrons. The molecule has 1 unspecified atom stereocenters. The Kier molecular flexibility index (Phi) is 5.41. The van der Waals surface area contributed by atoms with Crippen molar-refractivity contribution < 1.29 is 13.2 Å². The number of pyridine rings is 1. The molecule has 4 rings (SSSR count). The SMILES string of the molecule is CC1CN(c2ccc(SC(F)(F)F)cc2)CN1Cc1ccnc(-c2nn[nH]n2)c1. The number of tetrazole rings is 1. The zero-order valence-electron chi connectivity index (χ0n) is 15.5. The third kappa shape index (κ3) is 4.85. The van der Waals surface area contributed by atoms with Crippen molar-refractivity contribution in [3.05, 3.63) is 48.2 Å². The second kappa shape index (κ2) is 7.99. The maximum Gasteiger partial charge on any atom is 0.446 e. The van der Waals surface area contributed by atoms with Gasteiger partial charge in [-0.15, -0.1) is 10.2 Å². The minimum absolute atomic E-state index is 0.0967. The lowest BCUT2D eigenvalue weighted by Gasteiger charge is -2.21. The Bertz CT molecular complexity index is 947. The molecule has 1 N–H and O–H groups in total. The molecule has 0 saturated carbocycles. The van der Waals surface area contributed by atoms with Crippen LogP contribution in [-0.4, -0.2) is 55.3 Å². The molecular formula is C18H18F3N7S. The Hall–Kier alpha value is -2.66. The summed E-state index contributed by atoms with van der Waals surface area (Å²) in [4.78, 5) is 8.93. The van der Waals surface area contributed by atoms with Crippen LogP contribution in [0.3, 0.4) is 0 Å². The summed E-state index contributed by atoms with van der Waals surface area (Å²) in [6, 6.07) is 10.7. The molecule has 1 aliphatic rings. The van der Waals surface area contributed by atoms with Crippen LogP contribution in [0.5, 0.6) is 0 Å². The molecule has 1 fully saturated rings. The van der Waals surface area contributed by atoms with Gasteiger partial charge in [-0.05, 0) is 65.9 Å². The molecule has 0 spiro atoms. The van der Waals surface area contributed by atoms with Crippen molar-refractivity contribution in [2.24, 2.45) is 0 Å². The van der Waals surface area contributed by atoms with Gasteiger partial charge in [0.05, 0.1) is 6.67 Å². The summed E-state index contributed by atoms with van der Waals surface area (Å²) < 4.78 is 37.5. The Balaban J connectivity index is 1.42. The molecule has 7 nitrogen and oxygen atoms in total. The summed E-state index contributed by atoms with van der Waals surface area (Å²) in [6.07, 6.45) is 1.72. The number of anilines is 1. The third-order valence-electron chi connectivity index (χ3n) is 4.68. The van der Waals surface area contributed by atoms with Crippen molar-refractivity contribution in [1.82, 2.24) is 30.5 Å². The summed E-state index contributed by atoms with van der Waals surface area (Å²) in [5.41, 5.74) is -1.64. The van der Waals surface area contributed by atoms with Gasteiger partial charge in [0.1, 0.15) is 5.69 Å². The molecule has 1 saturated heterocycles. The minimum Gasteiger partial charge on any atom is -0.357 e. The van der Waals surface area contributed by atoms with E-state index in [0.29, 0.717) is 30.8 Å². The van der Waals surface area contributed by atoms with Crippen molar-refractivity contribution >= 4 is 17.4 Å². The van der Waals surface area contributed by atoms with Gasteiger partial charge >= 0.3 is 5.51 Å². The third-order valence-corrected chi connectivity index (χ3v) is 5.42. The Morgan fingerprint density at radius 2 is 2.00 bits per heavy atom. The molecule has 3 heterocycles. The number of nitrogens with zero attached hydrogens (tertiary/aromatic N) is 6. The molecule has 29 heavy (non-hydrogen) atoms. The zero-order valence-corrected chi connectivity index (χ0v) is 16.3. The highest BCUT2D eigenvalue weighted by Crippen LogP contribution is 2.37. The highest BCUT2D eigenvalue weighted by atomic mass is 32.2. The molecule has 0 amide bonds. The number of thioether (sulfide) groups is 1. The van der Waals surface area contributed by atoms with Crippen LogP contribution in [0.2, 0.25) is 0 Å². The van der Waals surface area contributed by atoms with Gasteiger partial charge in [0.2, 0.25) is 5.82 Å². The molecule has 1 aliphatic heterocycles. The van der Waals surface area contributed by atoms with Crippen LogP contribution in [0.15, 0.2) is 47.5 Å². The van der Waals surface area contributed by atoms with Crippen LogP contribution < -0.4 is 4.90 Å². The predicted octanol–water partition coefficient (Wildman–Crippen LogP) is 3.54. The first-order valence-electron chi connectivity index (χ1n) is 8.91. The van der Waals surface area contributed by atoms with Gasteiger partial charge in [0.15, 0.2) is 0 Å². The minimum atomic E-state index is -4.27. The maximum atomic E-state index is 12.5. The zero-order chi connectivity index (χ0) is 20.4. The second-order valence-electron chi connectivity index (χ2n) is 6.79. The van der Waals surface area contributed by atoms with E-state index in [-0.39, 0.29) is 16.7 Å². The summed E-state index contributed by atoms with van der Waals surface area (Å²) in [6.45, 7) is 4.34. The number of halogens is 3. The van der Waals surface area contributed by atoms with Crippen molar-refractivity contribution in [3.8, 4) is 11.5 Å². The van der Waals surface area contributed by atoms with E-state index in [2.05, 4.69) is 42.3 Å². The molecule has 11 heteroatoms. The molecule has 2 aromatic heterocycles. The van der Waals surface area contributed by atoms with E-state index in [1.54, 1.807) is 18.3 Å². The topological polar surface area (TPSA) is 73.8 Å². The van der Waals surface area contributed by atoms with Crippen molar-refractivity contribution in [2.45, 2.75) is 29.9 Å². The Morgan fingerprint density at radius 3 is 2.69 bits per heavy atom. The Morgan fingerprint density at radius 1 is 1.21 bits per heavy atom. The molecule has 3 aromatic rings. The first kappa shape index (κ1) is 19.6. The number of aromatic amines is 1. The second-order valence-corrected chi connectivity index (χ2v) is 7.92. The fraction of sp³-hybridized carbons (Fsp3) is 0.333. The van der Waals surface area contributed by atoms with Crippen LogP contribution in [-0.2, 0) is 6.54 Å². The number of hydrogen-bond acceptors (Lipinski definition) is 7. The highest BCUT2D eigenvalue weighted by Gasteiger charge is 2.30. The molecule has 1 atom stereocenters. The monoisotopic (exact) mass is 421 g/mol. The average Bonchev–Trinajstić information content (AvgIpc) is 3.32. The summed E-state index contributed by atoms with van der Waals surface area (Å²) in [7, 11) is 0. The Labute approximate surface area is 169 Å². The van der Waals surface area contributed by atoms with Gasteiger partial charge in [-0.25, -0.2) is 0 Å². The van der Waals surface area contributed by atoms with Crippen molar-refractivity contribution in [1.29, 1.82) is 0 Å². The smallest absolute Gasteiger partial charge is 0.357 e. The van der Waals surface area contributed by atoms with E-state index >= 15 is 0 Å². The lowest BCUT2D eigenvalue weighted by molar-refractivity contribution is -0.0328. The normalized spacial score (nSPS) is 17.8. The number of hydrogen-bond donors (Lipinski definition) is 1. The van der Waals surface area contributed by atoms with Crippen molar-refractivity contribution in [2.75, 3.05) is 18.1 Å². The first-order chi connectivity index (χ1) is 13.9. The van der Waals surface area contributed by atoms with Crippen LogP contribution in [0, 0.1) is 0 Å². The summed E-state index contributed by atoms with van der Waals surface area (Å²) in [5, 5.41) is 13.9. The quantitative estimate of drug-likeness (QED) is 0.632. The van der Waals surface area contributed by atoms with Crippen LogP contribution >= 0.6 is 11.8 Å². The van der Waals surface area contributed by atoms with E-state index in [1.807, 2.05) is 12.1 Å². The molecule has 1 aromatic carbocycles. The molecular weight excluding hydrogens is 403 g/mol. The average molecular weight is 421 g/mol. The van der Waals surface area contributed by atoms with E-state index < -0.39 is 5.51 Å². The van der Waals surface area contributed by atoms with Gasteiger partial charge < -0.3 is 4.90 Å². The number of H-pyrrole nitrogens is 1. The largest absolute Gasteiger partial charge is 0.446 e.